The fourth-order valence-electron chi connectivity index (χ4n) is 3.09. The van der Waals surface area contributed by atoms with Crippen LogP contribution in [0.5, 0.6) is 0 Å². The normalized spacial score (nSPS) is 15.3. The SMILES string of the molecule is C[Si](C)(C)O[Si](C)(C)O[Si](C)(C)O[Si](C)(C)O[Si](C)(C)CCOS(=O)(=O)O. The first-order chi connectivity index (χ1) is 11.5. The minimum Gasteiger partial charge on any atom is -0.437 e. The first kappa shape index (κ1) is 27.8. The second kappa shape index (κ2) is 9.30. The molecule has 0 aliphatic heterocycles. The summed E-state index contributed by atoms with van der Waals surface area (Å²) in [4.78, 5) is 0. The van der Waals surface area contributed by atoms with Crippen molar-refractivity contribution in [1.82, 2.24) is 0 Å². The van der Waals surface area contributed by atoms with Gasteiger partial charge in [-0.15, -0.1) is 0 Å². The molecule has 0 aliphatic rings. The number of rotatable bonds is 12. The summed E-state index contributed by atoms with van der Waals surface area (Å²) in [6.07, 6.45) is 0. The van der Waals surface area contributed by atoms with Crippen LogP contribution in [-0.4, -0.2) is 61.9 Å². The molecule has 0 radical (unpaired) electrons. The van der Waals surface area contributed by atoms with E-state index in [-0.39, 0.29) is 6.61 Å². The Bertz CT molecular complexity index is 586. The molecule has 0 aliphatic carbocycles. The average Bonchev–Trinajstić information content (AvgIpc) is 2.15. The molecule has 0 atom stereocenters. The summed E-state index contributed by atoms with van der Waals surface area (Å²) < 4.78 is 59.9. The van der Waals surface area contributed by atoms with E-state index in [0.717, 1.165) is 0 Å². The van der Waals surface area contributed by atoms with E-state index < -0.39 is 52.7 Å². The van der Waals surface area contributed by atoms with E-state index in [0.29, 0.717) is 6.04 Å². The topological polar surface area (TPSA) is 101 Å². The van der Waals surface area contributed by atoms with Crippen molar-refractivity contribution in [3.05, 3.63) is 0 Å². The molecule has 8 nitrogen and oxygen atoms in total. The summed E-state index contributed by atoms with van der Waals surface area (Å²) in [5.74, 6) is 0. The third-order valence-electron chi connectivity index (χ3n) is 2.99. The summed E-state index contributed by atoms with van der Waals surface area (Å²) in [6, 6.07) is 0.425. The molecule has 0 rings (SSSR count). The largest absolute Gasteiger partial charge is 0.437 e. The highest BCUT2D eigenvalue weighted by Gasteiger charge is 2.45. The highest BCUT2D eigenvalue weighted by atomic mass is 32.3. The average molecular weight is 495 g/mol. The first-order valence-electron chi connectivity index (χ1n) is 8.96. The van der Waals surface area contributed by atoms with Crippen LogP contribution in [0, 0.1) is 0 Å². The maximum Gasteiger partial charge on any atom is 0.397 e. The van der Waals surface area contributed by atoms with Gasteiger partial charge in [0.05, 0.1) is 6.61 Å². The third-order valence-corrected chi connectivity index (χ3v) is 21.3. The molecule has 0 heterocycles. The standard InChI is InChI=1S/C13H38O8SSi5/c1-23(2,3)18-25(6,7)20-27(10,11)21-26(8,9)19-24(4,5)13-12-17-22(14,15)16/h12-13H2,1-11H3,(H,14,15,16). The lowest BCUT2D eigenvalue weighted by atomic mass is 10.9. The fraction of sp³-hybridized carbons (Fsp3) is 1.00. The fourth-order valence-corrected chi connectivity index (χ4v) is 26.9. The van der Waals surface area contributed by atoms with Crippen LogP contribution < -0.4 is 0 Å². The van der Waals surface area contributed by atoms with Crippen molar-refractivity contribution in [2.75, 3.05) is 6.61 Å². The van der Waals surface area contributed by atoms with Gasteiger partial charge in [-0.25, -0.2) is 4.18 Å². The van der Waals surface area contributed by atoms with Gasteiger partial charge in [-0.05, 0) is 78.1 Å². The molecule has 0 amide bonds. The Morgan fingerprint density at radius 3 is 1.41 bits per heavy atom. The van der Waals surface area contributed by atoms with Gasteiger partial charge in [0.1, 0.15) is 0 Å². The van der Waals surface area contributed by atoms with Gasteiger partial charge in [0.2, 0.25) is 0 Å². The first-order valence-corrected chi connectivity index (χ1v) is 25.3. The Labute approximate surface area is 170 Å². The monoisotopic (exact) mass is 494 g/mol. The van der Waals surface area contributed by atoms with Gasteiger partial charge in [-0.1, -0.05) is 0 Å². The van der Waals surface area contributed by atoms with Crippen LogP contribution in [0.1, 0.15) is 0 Å². The second-order valence-electron chi connectivity index (χ2n) is 9.48. The number of hydrogen-bond acceptors (Lipinski definition) is 7. The molecule has 0 unspecified atom stereocenters. The zero-order valence-electron chi connectivity index (χ0n) is 18.6. The smallest absolute Gasteiger partial charge is 0.397 e. The van der Waals surface area contributed by atoms with Gasteiger partial charge in [0, 0.05) is 0 Å². The molecular formula is C13H38O8SSi5. The molecule has 14 heteroatoms. The highest BCUT2D eigenvalue weighted by molar-refractivity contribution is 7.80. The Morgan fingerprint density at radius 1 is 0.667 bits per heavy atom. The molecule has 0 spiro atoms. The van der Waals surface area contributed by atoms with E-state index in [1.54, 1.807) is 0 Å². The Hall–Kier alpha value is 0.794. The van der Waals surface area contributed by atoms with E-state index in [9.17, 15) is 8.42 Å². The maximum atomic E-state index is 10.7. The molecule has 27 heavy (non-hydrogen) atoms. The van der Waals surface area contributed by atoms with Crippen LogP contribution in [0.25, 0.3) is 0 Å². The third kappa shape index (κ3) is 15.3. The molecule has 0 saturated carbocycles. The van der Waals surface area contributed by atoms with Crippen LogP contribution in [-0.2, 0) is 31.0 Å². The quantitative estimate of drug-likeness (QED) is 0.321. The van der Waals surface area contributed by atoms with Crippen molar-refractivity contribution in [2.24, 2.45) is 0 Å². The van der Waals surface area contributed by atoms with E-state index in [2.05, 4.69) is 23.8 Å². The lowest BCUT2D eigenvalue weighted by molar-refractivity contribution is 0.276. The molecule has 0 bridgehead atoms. The van der Waals surface area contributed by atoms with Gasteiger partial charge in [-0.3, -0.25) is 4.55 Å². The molecular weight excluding hydrogens is 457 g/mol. The van der Waals surface area contributed by atoms with E-state index in [4.69, 9.17) is 21.0 Å². The highest BCUT2D eigenvalue weighted by Crippen LogP contribution is 2.26. The molecule has 0 fully saturated rings. The summed E-state index contributed by atoms with van der Waals surface area (Å²) >= 11 is 0. The predicted molar refractivity (Wildman–Crippen MR) is 120 cm³/mol. The van der Waals surface area contributed by atoms with Gasteiger partial charge in [0.15, 0.2) is 16.6 Å². The summed E-state index contributed by atoms with van der Waals surface area (Å²) in [7, 11) is -15.7. The molecule has 1 N–H and O–H groups in total. The maximum absolute atomic E-state index is 10.7. The van der Waals surface area contributed by atoms with Crippen LogP contribution in [0.3, 0.4) is 0 Å². The number of hydrogen-bond donors (Lipinski definition) is 1. The van der Waals surface area contributed by atoms with Gasteiger partial charge in [0.25, 0.3) is 0 Å². The summed E-state index contributed by atoms with van der Waals surface area (Å²) in [5, 5.41) is 0. The lowest BCUT2D eigenvalue weighted by Gasteiger charge is -2.42. The van der Waals surface area contributed by atoms with Crippen molar-refractivity contribution in [2.45, 2.75) is 78.1 Å². The van der Waals surface area contributed by atoms with E-state index in [1.807, 2.05) is 52.4 Å². The van der Waals surface area contributed by atoms with E-state index >= 15 is 0 Å². The van der Waals surface area contributed by atoms with Crippen LogP contribution in [0.4, 0.5) is 0 Å². The van der Waals surface area contributed by atoms with Gasteiger partial charge < -0.3 is 16.5 Å². The molecule has 164 valence electrons. The Kier molecular flexibility index (Phi) is 9.57. The molecule has 0 saturated heterocycles. The minimum absolute atomic E-state index is 0.107. The Morgan fingerprint density at radius 2 is 1.04 bits per heavy atom. The van der Waals surface area contributed by atoms with E-state index in [1.165, 1.54) is 0 Å². The van der Waals surface area contributed by atoms with Crippen LogP contribution in [0.2, 0.25) is 78.1 Å². The van der Waals surface area contributed by atoms with Crippen molar-refractivity contribution in [1.29, 1.82) is 0 Å². The minimum atomic E-state index is -4.43. The summed E-state index contributed by atoms with van der Waals surface area (Å²) in [6.45, 7) is 22.3. The molecule has 0 aromatic carbocycles. The summed E-state index contributed by atoms with van der Waals surface area (Å²) in [5.41, 5.74) is 0. The predicted octanol–water partition coefficient (Wildman–Crippen LogP) is 4.02. The zero-order valence-corrected chi connectivity index (χ0v) is 24.4. The van der Waals surface area contributed by atoms with Crippen LogP contribution in [0.15, 0.2) is 0 Å². The van der Waals surface area contributed by atoms with Crippen molar-refractivity contribution < 1.29 is 33.6 Å². The van der Waals surface area contributed by atoms with Gasteiger partial charge >= 0.3 is 36.1 Å². The molecule has 0 aromatic heterocycles. The second-order valence-corrected chi connectivity index (χ2v) is 30.5. The molecule has 0 aromatic rings. The van der Waals surface area contributed by atoms with Crippen LogP contribution >= 0.6 is 0 Å². The zero-order chi connectivity index (χ0) is 21.9. The van der Waals surface area contributed by atoms with Gasteiger partial charge in [-0.2, -0.15) is 8.42 Å². The van der Waals surface area contributed by atoms with Crippen molar-refractivity contribution >= 4 is 52.7 Å². The Balaban J connectivity index is 4.90. The van der Waals surface area contributed by atoms with Crippen molar-refractivity contribution in [3.63, 3.8) is 0 Å². The van der Waals surface area contributed by atoms with Crippen molar-refractivity contribution in [3.8, 4) is 0 Å². The lowest BCUT2D eigenvalue weighted by Crippen LogP contribution is -2.58.